The number of aromatic nitrogens is 2. The van der Waals surface area contributed by atoms with Crippen LogP contribution in [0.2, 0.25) is 0 Å². The molecule has 6 heteroatoms. The predicted octanol–water partition coefficient (Wildman–Crippen LogP) is 3.16. The van der Waals surface area contributed by atoms with Gasteiger partial charge in [0.25, 0.3) is 0 Å². The second-order valence-electron chi connectivity index (χ2n) is 6.38. The van der Waals surface area contributed by atoms with Crippen molar-refractivity contribution >= 4 is 21.7 Å². The number of hydrogen-bond acceptors (Lipinski definition) is 5. The van der Waals surface area contributed by atoms with Gasteiger partial charge in [-0.25, -0.2) is 9.97 Å². The molecule has 0 aromatic carbocycles. The molecule has 2 rings (SSSR count). The van der Waals surface area contributed by atoms with E-state index in [2.05, 4.69) is 41.7 Å². The Bertz CT molecular complexity index is 503. The first-order valence-corrected chi connectivity index (χ1v) is 8.15. The molecule has 0 spiro atoms. The molecule has 1 saturated heterocycles. The molecule has 21 heavy (non-hydrogen) atoms. The fourth-order valence-electron chi connectivity index (χ4n) is 2.58. The molecule has 0 atom stereocenters. The Balaban J connectivity index is 2.53. The quantitative estimate of drug-likeness (QED) is 0.899. The highest BCUT2D eigenvalue weighted by Crippen LogP contribution is 2.38. The Morgan fingerprint density at radius 3 is 2.43 bits per heavy atom. The minimum Gasteiger partial charge on any atom is -0.383 e. The molecule has 0 aliphatic carbocycles. The van der Waals surface area contributed by atoms with Gasteiger partial charge in [-0.15, -0.1) is 0 Å². The highest BCUT2D eigenvalue weighted by molar-refractivity contribution is 9.10. The third-order valence-electron chi connectivity index (χ3n) is 3.72. The van der Waals surface area contributed by atoms with Crippen molar-refractivity contribution in [2.24, 2.45) is 0 Å². The van der Waals surface area contributed by atoms with Gasteiger partial charge < -0.3 is 15.2 Å². The van der Waals surface area contributed by atoms with Crippen molar-refractivity contribution < 1.29 is 9.47 Å². The standard InChI is InChI=1S/C15H24BrN3O2/c1-5-21-15(6-8-20-9-7-15)13-18-11(14(2,3)4)10(16)12(17)19-13/h5-9H2,1-4H3,(H2,17,18,19). The smallest absolute Gasteiger partial charge is 0.163 e. The number of nitrogen functional groups attached to an aromatic ring is 1. The summed E-state index contributed by atoms with van der Waals surface area (Å²) in [5.41, 5.74) is 6.40. The highest BCUT2D eigenvalue weighted by atomic mass is 79.9. The number of rotatable bonds is 3. The minimum absolute atomic E-state index is 0.122. The van der Waals surface area contributed by atoms with Crippen molar-refractivity contribution in [1.29, 1.82) is 0 Å². The maximum absolute atomic E-state index is 6.10. The number of anilines is 1. The molecule has 1 aromatic heterocycles. The van der Waals surface area contributed by atoms with Gasteiger partial charge in [0, 0.05) is 38.1 Å². The first-order valence-electron chi connectivity index (χ1n) is 7.36. The zero-order valence-electron chi connectivity index (χ0n) is 13.2. The third kappa shape index (κ3) is 3.38. The topological polar surface area (TPSA) is 70.3 Å². The highest BCUT2D eigenvalue weighted by Gasteiger charge is 2.39. The molecule has 0 bridgehead atoms. The number of ether oxygens (including phenoxy) is 2. The van der Waals surface area contributed by atoms with E-state index in [9.17, 15) is 0 Å². The molecule has 1 aliphatic heterocycles. The number of halogens is 1. The summed E-state index contributed by atoms with van der Waals surface area (Å²) in [6.07, 6.45) is 1.51. The Hall–Kier alpha value is -0.720. The molecular formula is C15H24BrN3O2. The summed E-state index contributed by atoms with van der Waals surface area (Å²) in [6.45, 7) is 10.3. The van der Waals surface area contributed by atoms with E-state index >= 15 is 0 Å². The molecule has 0 amide bonds. The molecule has 5 nitrogen and oxygen atoms in total. The van der Waals surface area contributed by atoms with Crippen LogP contribution in [0, 0.1) is 0 Å². The summed E-state index contributed by atoms with van der Waals surface area (Å²) in [5, 5.41) is 0. The number of nitrogens with two attached hydrogens (primary N) is 1. The fraction of sp³-hybridized carbons (Fsp3) is 0.733. The van der Waals surface area contributed by atoms with Crippen LogP contribution < -0.4 is 5.73 Å². The molecule has 118 valence electrons. The van der Waals surface area contributed by atoms with Gasteiger partial charge in [0.2, 0.25) is 0 Å². The maximum Gasteiger partial charge on any atom is 0.163 e. The summed E-state index contributed by atoms with van der Waals surface area (Å²) in [4.78, 5) is 9.30. The monoisotopic (exact) mass is 357 g/mol. The van der Waals surface area contributed by atoms with Crippen LogP contribution in [0.3, 0.4) is 0 Å². The van der Waals surface area contributed by atoms with E-state index in [1.807, 2.05) is 6.92 Å². The van der Waals surface area contributed by atoms with E-state index in [-0.39, 0.29) is 5.41 Å². The van der Waals surface area contributed by atoms with Gasteiger partial charge >= 0.3 is 0 Å². The van der Waals surface area contributed by atoms with Crippen molar-refractivity contribution in [2.75, 3.05) is 25.6 Å². The lowest BCUT2D eigenvalue weighted by Crippen LogP contribution is -2.39. The lowest BCUT2D eigenvalue weighted by molar-refractivity contribution is -0.117. The molecule has 2 N–H and O–H groups in total. The third-order valence-corrected chi connectivity index (χ3v) is 4.50. The predicted molar refractivity (Wildman–Crippen MR) is 86.2 cm³/mol. The lowest BCUT2D eigenvalue weighted by Gasteiger charge is -2.36. The van der Waals surface area contributed by atoms with E-state index in [1.165, 1.54) is 0 Å². The van der Waals surface area contributed by atoms with Gasteiger partial charge in [-0.3, -0.25) is 0 Å². The molecule has 1 aliphatic rings. The van der Waals surface area contributed by atoms with Crippen LogP contribution in [0.4, 0.5) is 5.82 Å². The van der Waals surface area contributed by atoms with Gasteiger partial charge in [0.05, 0.1) is 10.2 Å². The lowest BCUT2D eigenvalue weighted by atomic mass is 9.89. The van der Waals surface area contributed by atoms with Crippen molar-refractivity contribution in [3.63, 3.8) is 0 Å². The molecule has 1 fully saturated rings. The maximum atomic E-state index is 6.10. The molecule has 0 saturated carbocycles. The van der Waals surface area contributed by atoms with Gasteiger partial charge in [-0.2, -0.15) is 0 Å². The van der Waals surface area contributed by atoms with E-state index in [0.717, 1.165) is 23.0 Å². The minimum atomic E-state index is -0.484. The zero-order chi connectivity index (χ0) is 15.7. The van der Waals surface area contributed by atoms with Crippen LogP contribution in [-0.4, -0.2) is 29.8 Å². The molecule has 0 unspecified atom stereocenters. The van der Waals surface area contributed by atoms with Gasteiger partial charge in [0.15, 0.2) is 5.82 Å². The fourth-order valence-corrected chi connectivity index (χ4v) is 3.35. The van der Waals surface area contributed by atoms with E-state index < -0.39 is 5.60 Å². The summed E-state index contributed by atoms with van der Waals surface area (Å²) in [6, 6.07) is 0. The second-order valence-corrected chi connectivity index (χ2v) is 7.18. The summed E-state index contributed by atoms with van der Waals surface area (Å²) in [5.74, 6) is 1.15. The largest absolute Gasteiger partial charge is 0.383 e. The number of hydrogen-bond donors (Lipinski definition) is 1. The van der Waals surface area contributed by atoms with Crippen LogP contribution >= 0.6 is 15.9 Å². The Morgan fingerprint density at radius 2 is 1.90 bits per heavy atom. The zero-order valence-corrected chi connectivity index (χ0v) is 14.8. The summed E-state index contributed by atoms with van der Waals surface area (Å²) >= 11 is 3.52. The van der Waals surface area contributed by atoms with Gasteiger partial charge in [-0.05, 0) is 22.9 Å². The average molecular weight is 358 g/mol. The van der Waals surface area contributed by atoms with Crippen molar-refractivity contribution in [1.82, 2.24) is 9.97 Å². The van der Waals surface area contributed by atoms with Gasteiger partial charge in [0.1, 0.15) is 11.4 Å². The molecule has 2 heterocycles. The van der Waals surface area contributed by atoms with Crippen molar-refractivity contribution in [2.45, 2.75) is 51.6 Å². The average Bonchev–Trinajstić information content (AvgIpc) is 2.41. The summed E-state index contributed by atoms with van der Waals surface area (Å²) in [7, 11) is 0. The first-order chi connectivity index (χ1) is 9.80. The Kier molecular flexibility index (Phi) is 4.90. The van der Waals surface area contributed by atoms with Crippen molar-refractivity contribution in [3.8, 4) is 0 Å². The second kappa shape index (κ2) is 6.18. The van der Waals surface area contributed by atoms with E-state index in [1.54, 1.807) is 0 Å². The first kappa shape index (κ1) is 16.6. The van der Waals surface area contributed by atoms with Crippen molar-refractivity contribution in [3.05, 3.63) is 16.0 Å². The normalized spacial score (nSPS) is 18.7. The summed E-state index contributed by atoms with van der Waals surface area (Å²) < 4.78 is 12.3. The van der Waals surface area contributed by atoms with Crippen LogP contribution in [0.5, 0.6) is 0 Å². The Labute approximate surface area is 134 Å². The number of nitrogens with zero attached hydrogens (tertiary/aromatic N) is 2. The van der Waals surface area contributed by atoms with E-state index in [4.69, 9.17) is 20.2 Å². The van der Waals surface area contributed by atoms with Crippen LogP contribution in [0.1, 0.15) is 52.1 Å². The Morgan fingerprint density at radius 1 is 1.29 bits per heavy atom. The van der Waals surface area contributed by atoms with E-state index in [0.29, 0.717) is 31.5 Å². The molecular weight excluding hydrogens is 334 g/mol. The van der Waals surface area contributed by atoms with Gasteiger partial charge in [-0.1, -0.05) is 20.8 Å². The molecule has 1 aromatic rings. The van der Waals surface area contributed by atoms with Crippen LogP contribution in [0.15, 0.2) is 4.47 Å². The van der Waals surface area contributed by atoms with Crippen LogP contribution in [-0.2, 0) is 20.5 Å². The SMILES string of the molecule is CCOC1(c2nc(N)c(Br)c(C(C)(C)C)n2)CCOCC1. The van der Waals surface area contributed by atoms with Crippen LogP contribution in [0.25, 0.3) is 0 Å². The molecule has 0 radical (unpaired) electrons.